The van der Waals surface area contributed by atoms with Crippen molar-refractivity contribution in [3.05, 3.63) is 33.9 Å². The Morgan fingerprint density at radius 3 is 2.39 bits per heavy atom. The van der Waals surface area contributed by atoms with Gasteiger partial charge in [0.05, 0.1) is 12.0 Å². The monoisotopic (exact) mass is 323 g/mol. The Bertz CT molecular complexity index is 643. The van der Waals surface area contributed by atoms with Crippen LogP contribution in [0.25, 0.3) is 0 Å². The third-order valence-electron chi connectivity index (χ3n) is 2.87. The van der Waals surface area contributed by atoms with Gasteiger partial charge in [-0.2, -0.15) is 0 Å². The van der Waals surface area contributed by atoms with Gasteiger partial charge in [0.25, 0.3) is 5.69 Å². The summed E-state index contributed by atoms with van der Waals surface area (Å²) < 4.78 is 4.59. The third-order valence-corrected chi connectivity index (χ3v) is 2.87. The highest BCUT2D eigenvalue weighted by atomic mass is 16.6. The minimum Gasteiger partial charge on any atom is -0.467 e. The van der Waals surface area contributed by atoms with Crippen molar-refractivity contribution < 1.29 is 24.0 Å². The third kappa shape index (κ3) is 5.38. The summed E-state index contributed by atoms with van der Waals surface area (Å²) in [6, 6.07) is 3.18. The standard InChI is InChI=1S/C14H17N3O6/c1-8(18)15-11-5-4-10(7-13(11)17(21)22)6-12(14(20)23-3)16-9(2)19/h4-5,7,12H,6H2,1-3H3,(H,15,18)(H,16,19). The number of anilines is 1. The highest BCUT2D eigenvalue weighted by Gasteiger charge is 2.23. The highest BCUT2D eigenvalue weighted by molar-refractivity contribution is 5.91. The number of nitrogens with one attached hydrogen (secondary N) is 2. The molecule has 1 aromatic rings. The summed E-state index contributed by atoms with van der Waals surface area (Å²) in [5, 5.41) is 15.9. The van der Waals surface area contributed by atoms with Crippen molar-refractivity contribution in [1.29, 1.82) is 0 Å². The van der Waals surface area contributed by atoms with E-state index in [0.29, 0.717) is 5.56 Å². The Labute approximate surface area is 132 Å². The number of nitrogens with zero attached hydrogens (tertiary/aromatic N) is 1. The normalized spacial score (nSPS) is 11.3. The van der Waals surface area contributed by atoms with Gasteiger partial charge in [-0.15, -0.1) is 0 Å². The van der Waals surface area contributed by atoms with Gasteiger partial charge in [-0.05, 0) is 11.6 Å². The SMILES string of the molecule is COC(=O)C(Cc1ccc(NC(C)=O)c([N+](=O)[O-])c1)NC(C)=O. The van der Waals surface area contributed by atoms with E-state index in [4.69, 9.17) is 0 Å². The molecule has 0 saturated carbocycles. The van der Waals surface area contributed by atoms with E-state index in [-0.39, 0.29) is 17.8 Å². The Kier molecular flexibility index (Phi) is 6.19. The van der Waals surface area contributed by atoms with Crippen LogP contribution in [0.3, 0.4) is 0 Å². The Hall–Kier alpha value is -2.97. The maximum atomic E-state index is 11.7. The largest absolute Gasteiger partial charge is 0.467 e. The molecule has 2 amide bonds. The highest BCUT2D eigenvalue weighted by Crippen LogP contribution is 2.26. The van der Waals surface area contributed by atoms with Crippen molar-refractivity contribution in [2.75, 3.05) is 12.4 Å². The number of ether oxygens (including phenoxy) is 1. The van der Waals surface area contributed by atoms with E-state index in [9.17, 15) is 24.5 Å². The first kappa shape index (κ1) is 18.1. The molecule has 124 valence electrons. The molecule has 1 unspecified atom stereocenters. The van der Waals surface area contributed by atoms with Crippen LogP contribution in [0.4, 0.5) is 11.4 Å². The van der Waals surface area contributed by atoms with E-state index in [0.717, 1.165) is 0 Å². The average Bonchev–Trinajstić information content (AvgIpc) is 2.46. The molecule has 0 fully saturated rings. The Morgan fingerprint density at radius 1 is 1.26 bits per heavy atom. The van der Waals surface area contributed by atoms with Gasteiger partial charge < -0.3 is 15.4 Å². The molecule has 9 heteroatoms. The number of nitro groups is 1. The second-order valence-corrected chi connectivity index (χ2v) is 4.77. The molecule has 0 aromatic heterocycles. The molecule has 1 aromatic carbocycles. The number of hydrogen-bond donors (Lipinski definition) is 2. The van der Waals surface area contributed by atoms with Gasteiger partial charge in [0.2, 0.25) is 11.8 Å². The lowest BCUT2D eigenvalue weighted by Gasteiger charge is -2.15. The summed E-state index contributed by atoms with van der Waals surface area (Å²) in [5.41, 5.74) is 0.194. The first-order valence-electron chi connectivity index (χ1n) is 6.64. The molecule has 0 aliphatic carbocycles. The number of rotatable bonds is 6. The molecule has 2 N–H and O–H groups in total. The van der Waals surface area contributed by atoms with E-state index >= 15 is 0 Å². The number of benzene rings is 1. The van der Waals surface area contributed by atoms with Crippen molar-refractivity contribution in [1.82, 2.24) is 5.32 Å². The lowest BCUT2D eigenvalue weighted by Crippen LogP contribution is -2.42. The summed E-state index contributed by atoms with van der Waals surface area (Å²) in [5.74, 6) is -1.52. The van der Waals surface area contributed by atoms with Gasteiger partial charge in [0.1, 0.15) is 11.7 Å². The second kappa shape index (κ2) is 7.87. The quantitative estimate of drug-likeness (QED) is 0.452. The van der Waals surface area contributed by atoms with Crippen LogP contribution in [-0.2, 0) is 25.5 Å². The van der Waals surface area contributed by atoms with Gasteiger partial charge in [0, 0.05) is 26.3 Å². The lowest BCUT2D eigenvalue weighted by atomic mass is 10.0. The summed E-state index contributed by atoms with van der Waals surface area (Å²) in [6.07, 6.45) is 0.0213. The van der Waals surface area contributed by atoms with Crippen LogP contribution in [-0.4, -0.2) is 35.9 Å². The maximum Gasteiger partial charge on any atom is 0.328 e. The molecule has 0 spiro atoms. The minimum atomic E-state index is -0.955. The molecule has 0 bridgehead atoms. The number of methoxy groups -OCH3 is 1. The Morgan fingerprint density at radius 2 is 1.91 bits per heavy atom. The first-order valence-corrected chi connectivity index (χ1v) is 6.64. The van der Waals surface area contributed by atoms with Crippen molar-refractivity contribution in [2.24, 2.45) is 0 Å². The Balaban J connectivity index is 3.09. The van der Waals surface area contributed by atoms with E-state index in [1.54, 1.807) is 0 Å². The number of hydrogen-bond acceptors (Lipinski definition) is 6. The lowest BCUT2D eigenvalue weighted by molar-refractivity contribution is -0.384. The maximum absolute atomic E-state index is 11.7. The van der Waals surface area contributed by atoms with Crippen molar-refractivity contribution in [3.8, 4) is 0 Å². The average molecular weight is 323 g/mol. The summed E-state index contributed by atoms with van der Waals surface area (Å²) >= 11 is 0. The first-order chi connectivity index (χ1) is 10.7. The molecule has 1 atom stereocenters. The van der Waals surface area contributed by atoms with Crippen LogP contribution in [0.15, 0.2) is 18.2 Å². The van der Waals surface area contributed by atoms with Crippen LogP contribution in [0.2, 0.25) is 0 Å². The number of carbonyl (C=O) groups excluding carboxylic acids is 3. The van der Waals surface area contributed by atoms with Crippen molar-refractivity contribution >= 4 is 29.2 Å². The zero-order valence-electron chi connectivity index (χ0n) is 12.9. The van der Waals surface area contributed by atoms with Crippen LogP contribution in [0, 0.1) is 10.1 Å². The van der Waals surface area contributed by atoms with Crippen LogP contribution < -0.4 is 10.6 Å². The fourth-order valence-electron chi connectivity index (χ4n) is 1.97. The van der Waals surface area contributed by atoms with Gasteiger partial charge in [-0.1, -0.05) is 6.07 Å². The summed E-state index contributed by atoms with van der Waals surface area (Å²) in [7, 11) is 1.18. The fraction of sp³-hybridized carbons (Fsp3) is 0.357. The number of esters is 1. The van der Waals surface area contributed by atoms with Gasteiger partial charge in [-0.3, -0.25) is 19.7 Å². The number of carbonyl (C=O) groups is 3. The predicted octanol–water partition coefficient (Wildman–Crippen LogP) is 0.773. The van der Waals surface area contributed by atoms with Crippen LogP contribution >= 0.6 is 0 Å². The molecule has 9 nitrogen and oxygen atoms in total. The molecular weight excluding hydrogens is 306 g/mol. The van der Waals surface area contributed by atoms with Crippen LogP contribution in [0.5, 0.6) is 0 Å². The van der Waals surface area contributed by atoms with Gasteiger partial charge >= 0.3 is 5.97 Å². The molecule has 0 saturated heterocycles. The second-order valence-electron chi connectivity index (χ2n) is 4.77. The molecule has 0 heterocycles. The van der Waals surface area contributed by atoms with E-state index in [1.807, 2.05) is 0 Å². The molecule has 23 heavy (non-hydrogen) atoms. The fourth-order valence-corrected chi connectivity index (χ4v) is 1.97. The van der Waals surface area contributed by atoms with Gasteiger partial charge in [0.15, 0.2) is 0 Å². The van der Waals surface area contributed by atoms with E-state index in [2.05, 4.69) is 15.4 Å². The number of amides is 2. The topological polar surface area (TPSA) is 128 Å². The summed E-state index contributed by atoms with van der Waals surface area (Å²) in [4.78, 5) is 44.3. The van der Waals surface area contributed by atoms with E-state index in [1.165, 1.54) is 39.2 Å². The van der Waals surface area contributed by atoms with Crippen molar-refractivity contribution in [3.63, 3.8) is 0 Å². The molecule has 0 radical (unpaired) electrons. The number of nitro benzene ring substituents is 1. The predicted molar refractivity (Wildman–Crippen MR) is 80.7 cm³/mol. The minimum absolute atomic E-state index is 0.0213. The van der Waals surface area contributed by atoms with Crippen LogP contribution in [0.1, 0.15) is 19.4 Å². The summed E-state index contributed by atoms with van der Waals surface area (Å²) in [6.45, 7) is 2.49. The molecule has 0 aliphatic heterocycles. The van der Waals surface area contributed by atoms with E-state index < -0.39 is 28.7 Å². The zero-order chi connectivity index (χ0) is 17.6. The molecule has 1 rings (SSSR count). The molecular formula is C14H17N3O6. The van der Waals surface area contributed by atoms with Gasteiger partial charge in [-0.25, -0.2) is 4.79 Å². The van der Waals surface area contributed by atoms with Crippen molar-refractivity contribution in [2.45, 2.75) is 26.3 Å². The smallest absolute Gasteiger partial charge is 0.328 e. The zero-order valence-corrected chi connectivity index (χ0v) is 12.9. The molecule has 0 aliphatic rings.